The maximum absolute atomic E-state index is 6.34. The van der Waals surface area contributed by atoms with Crippen LogP contribution in [0.5, 0.6) is 0 Å². The van der Waals surface area contributed by atoms with Crippen molar-refractivity contribution in [1.29, 1.82) is 0 Å². The molecule has 20 heavy (non-hydrogen) atoms. The topological polar surface area (TPSA) is 91.2 Å². The van der Waals surface area contributed by atoms with Crippen molar-refractivity contribution in [2.75, 3.05) is 13.2 Å². The van der Waals surface area contributed by atoms with E-state index in [1.54, 1.807) is 16.9 Å². The fraction of sp³-hybridized carbons (Fsp3) is 0.333. The zero-order chi connectivity index (χ0) is 13.6. The molecule has 102 valence electrons. The highest BCUT2D eigenvalue weighted by atomic mass is 32.1. The van der Waals surface area contributed by atoms with Crippen molar-refractivity contribution in [1.82, 2.24) is 24.8 Å². The van der Waals surface area contributed by atoms with Crippen LogP contribution < -0.4 is 5.73 Å². The number of pyridine rings is 1. The number of nitrogens with zero attached hydrogens (tertiary/aromatic N) is 5. The molecule has 0 saturated carbocycles. The first-order chi connectivity index (χ1) is 9.76. The monoisotopic (exact) mass is 288 g/mol. The first-order valence-electron chi connectivity index (χ1n) is 6.26. The maximum atomic E-state index is 6.34. The van der Waals surface area contributed by atoms with Crippen LogP contribution in [0.25, 0.3) is 16.3 Å². The molecule has 0 amide bonds. The predicted octanol–water partition coefficient (Wildman–Crippen LogP) is 0.822. The Morgan fingerprint density at radius 3 is 3.10 bits per heavy atom. The molecule has 0 aliphatic carbocycles. The number of aromatic nitrogens is 5. The van der Waals surface area contributed by atoms with Crippen molar-refractivity contribution >= 4 is 16.3 Å². The van der Waals surface area contributed by atoms with Gasteiger partial charge in [0, 0.05) is 24.6 Å². The number of fused-ring (bicyclic) bond motifs is 1. The Balaban J connectivity index is 1.83. The third-order valence-corrected chi connectivity index (χ3v) is 4.51. The number of ether oxygens (including phenoxy) is 1. The zero-order valence-corrected chi connectivity index (χ0v) is 11.4. The molecule has 1 atom stereocenters. The Bertz CT molecular complexity index is 746. The summed E-state index contributed by atoms with van der Waals surface area (Å²) in [6.07, 6.45) is 4.24. The lowest BCUT2D eigenvalue weighted by Crippen LogP contribution is -2.37. The molecule has 0 bridgehead atoms. The predicted molar refractivity (Wildman–Crippen MR) is 73.2 cm³/mol. The molecule has 1 fully saturated rings. The van der Waals surface area contributed by atoms with Gasteiger partial charge in [0.05, 0.1) is 12.1 Å². The van der Waals surface area contributed by atoms with Crippen LogP contribution in [0.4, 0.5) is 0 Å². The normalized spacial score (nSPS) is 22.6. The van der Waals surface area contributed by atoms with Gasteiger partial charge in [-0.05, 0) is 18.6 Å². The van der Waals surface area contributed by atoms with E-state index in [9.17, 15) is 0 Å². The molecule has 3 aromatic heterocycles. The van der Waals surface area contributed by atoms with Gasteiger partial charge in [0.15, 0.2) is 5.82 Å². The Hall–Kier alpha value is -1.90. The van der Waals surface area contributed by atoms with Gasteiger partial charge in [-0.25, -0.2) is 0 Å². The summed E-state index contributed by atoms with van der Waals surface area (Å²) < 4.78 is 7.11. The quantitative estimate of drug-likeness (QED) is 0.750. The molecule has 7 nitrogen and oxygen atoms in total. The van der Waals surface area contributed by atoms with Crippen molar-refractivity contribution < 1.29 is 4.74 Å². The first kappa shape index (κ1) is 11.9. The largest absolute Gasteiger partial charge is 0.379 e. The van der Waals surface area contributed by atoms with Crippen LogP contribution >= 0.6 is 11.3 Å². The average molecular weight is 288 g/mol. The lowest BCUT2D eigenvalue weighted by Gasteiger charge is -2.16. The molecule has 1 aliphatic rings. The summed E-state index contributed by atoms with van der Waals surface area (Å²) in [5.74, 6) is 0.679. The summed E-state index contributed by atoms with van der Waals surface area (Å²) in [7, 11) is 0. The number of hydrogen-bond donors (Lipinski definition) is 1. The summed E-state index contributed by atoms with van der Waals surface area (Å²) in [5.41, 5.74) is 6.72. The fourth-order valence-electron chi connectivity index (χ4n) is 2.24. The van der Waals surface area contributed by atoms with E-state index < -0.39 is 5.54 Å². The van der Waals surface area contributed by atoms with Crippen LogP contribution in [0.2, 0.25) is 0 Å². The molecule has 3 aromatic rings. The first-order valence-corrected chi connectivity index (χ1v) is 7.08. The summed E-state index contributed by atoms with van der Waals surface area (Å²) in [5, 5.41) is 13.7. The zero-order valence-electron chi connectivity index (χ0n) is 10.6. The van der Waals surface area contributed by atoms with E-state index in [0.717, 1.165) is 22.0 Å². The Morgan fingerprint density at radius 2 is 2.35 bits per heavy atom. The van der Waals surface area contributed by atoms with Crippen LogP contribution in [0, 0.1) is 0 Å². The summed E-state index contributed by atoms with van der Waals surface area (Å²) >= 11 is 1.46. The van der Waals surface area contributed by atoms with Gasteiger partial charge in [-0.15, -0.1) is 10.2 Å². The second-order valence-electron chi connectivity index (χ2n) is 4.83. The van der Waals surface area contributed by atoms with E-state index in [1.807, 2.05) is 12.1 Å². The molecule has 0 radical (unpaired) electrons. The lowest BCUT2D eigenvalue weighted by atomic mass is 10.0. The summed E-state index contributed by atoms with van der Waals surface area (Å²) in [6.45, 7) is 1.17. The lowest BCUT2D eigenvalue weighted by molar-refractivity contribution is 0.178. The molecule has 4 rings (SSSR count). The minimum absolute atomic E-state index is 0.499. The van der Waals surface area contributed by atoms with E-state index in [0.29, 0.717) is 19.0 Å². The SMILES string of the molecule is NC1(c2nn3c(-c4cccnc4)nnc3s2)CCOC1. The van der Waals surface area contributed by atoms with Crippen LogP contribution in [0.1, 0.15) is 11.4 Å². The number of hydrogen-bond acceptors (Lipinski definition) is 7. The standard InChI is InChI=1S/C12H12N6OS/c13-12(3-5-19-7-12)10-17-18-9(15-16-11(18)20-10)8-2-1-4-14-6-8/h1-2,4,6H,3,5,7,13H2. The molecular formula is C12H12N6OS. The summed E-state index contributed by atoms with van der Waals surface area (Å²) in [4.78, 5) is 4.83. The van der Waals surface area contributed by atoms with Gasteiger partial charge in [0.25, 0.3) is 0 Å². The van der Waals surface area contributed by atoms with Crippen molar-refractivity contribution in [2.24, 2.45) is 5.73 Å². The molecule has 0 spiro atoms. The molecule has 4 heterocycles. The van der Waals surface area contributed by atoms with Crippen molar-refractivity contribution in [3.05, 3.63) is 29.5 Å². The van der Waals surface area contributed by atoms with Crippen LogP contribution in [-0.4, -0.2) is 38.0 Å². The highest BCUT2D eigenvalue weighted by molar-refractivity contribution is 7.16. The Morgan fingerprint density at radius 1 is 1.40 bits per heavy atom. The van der Waals surface area contributed by atoms with Gasteiger partial charge in [-0.1, -0.05) is 11.3 Å². The molecule has 1 aliphatic heterocycles. The number of rotatable bonds is 2. The van der Waals surface area contributed by atoms with Crippen LogP contribution in [-0.2, 0) is 10.3 Å². The maximum Gasteiger partial charge on any atom is 0.235 e. The van der Waals surface area contributed by atoms with Crippen molar-refractivity contribution in [2.45, 2.75) is 12.0 Å². The van der Waals surface area contributed by atoms with Gasteiger partial charge in [0.2, 0.25) is 4.96 Å². The highest BCUT2D eigenvalue weighted by Gasteiger charge is 2.36. The molecule has 8 heteroatoms. The second-order valence-corrected chi connectivity index (χ2v) is 5.78. The van der Waals surface area contributed by atoms with Crippen molar-refractivity contribution in [3.63, 3.8) is 0 Å². The van der Waals surface area contributed by atoms with Gasteiger partial charge >= 0.3 is 0 Å². The van der Waals surface area contributed by atoms with Gasteiger partial charge in [-0.3, -0.25) is 4.98 Å². The molecule has 1 unspecified atom stereocenters. The number of nitrogens with two attached hydrogens (primary N) is 1. The Labute approximate surface area is 118 Å². The van der Waals surface area contributed by atoms with E-state index in [1.165, 1.54) is 11.3 Å². The fourth-order valence-corrected chi connectivity index (χ4v) is 3.20. The average Bonchev–Trinajstić information content (AvgIpc) is 3.14. The Kier molecular flexibility index (Phi) is 2.56. The molecule has 2 N–H and O–H groups in total. The summed E-state index contributed by atoms with van der Waals surface area (Å²) in [6, 6.07) is 3.79. The van der Waals surface area contributed by atoms with E-state index in [-0.39, 0.29) is 0 Å². The third-order valence-electron chi connectivity index (χ3n) is 3.39. The highest BCUT2D eigenvalue weighted by Crippen LogP contribution is 2.31. The van der Waals surface area contributed by atoms with Crippen LogP contribution in [0.15, 0.2) is 24.5 Å². The minimum atomic E-state index is -0.502. The smallest absolute Gasteiger partial charge is 0.235 e. The van der Waals surface area contributed by atoms with Crippen molar-refractivity contribution in [3.8, 4) is 11.4 Å². The van der Waals surface area contributed by atoms with Gasteiger partial charge in [-0.2, -0.15) is 9.61 Å². The minimum Gasteiger partial charge on any atom is -0.379 e. The van der Waals surface area contributed by atoms with Crippen LogP contribution in [0.3, 0.4) is 0 Å². The third kappa shape index (κ3) is 1.73. The van der Waals surface area contributed by atoms with E-state index in [2.05, 4.69) is 20.3 Å². The van der Waals surface area contributed by atoms with E-state index >= 15 is 0 Å². The van der Waals surface area contributed by atoms with E-state index in [4.69, 9.17) is 10.5 Å². The molecule has 0 aromatic carbocycles. The second kappa shape index (κ2) is 4.30. The van der Waals surface area contributed by atoms with Gasteiger partial charge < -0.3 is 10.5 Å². The molecular weight excluding hydrogens is 276 g/mol. The molecule has 1 saturated heterocycles. The van der Waals surface area contributed by atoms with Gasteiger partial charge in [0.1, 0.15) is 5.01 Å².